The second kappa shape index (κ2) is 10.1. The van der Waals surface area contributed by atoms with Crippen LogP contribution in [-0.2, 0) is 15.0 Å². The van der Waals surface area contributed by atoms with Gasteiger partial charge in [-0.3, -0.25) is 14.4 Å². The molecule has 1 aliphatic carbocycles. The number of halogens is 1. The minimum Gasteiger partial charge on any atom is -0.350 e. The molecule has 3 atom stereocenters. The van der Waals surface area contributed by atoms with E-state index in [0.29, 0.717) is 23.0 Å². The molecule has 1 saturated carbocycles. The molecule has 2 fully saturated rings. The minimum absolute atomic E-state index is 0.0771. The Morgan fingerprint density at radius 3 is 2.70 bits per heavy atom. The topological polar surface area (TPSA) is 109 Å². The zero-order valence-electron chi connectivity index (χ0n) is 22.5. The molecule has 9 heteroatoms. The molecule has 3 aliphatic rings. The van der Waals surface area contributed by atoms with Crippen LogP contribution in [0.5, 0.6) is 0 Å². The molecule has 3 amide bonds. The van der Waals surface area contributed by atoms with Gasteiger partial charge in [-0.1, -0.05) is 56.4 Å². The number of nitrogens with one attached hydrogen (secondary N) is 2. The zero-order chi connectivity index (χ0) is 28.0. The largest absolute Gasteiger partial charge is 0.350 e. The van der Waals surface area contributed by atoms with Crippen molar-refractivity contribution in [2.24, 2.45) is 5.92 Å². The van der Waals surface area contributed by atoms with Crippen molar-refractivity contribution in [3.8, 4) is 6.07 Å². The summed E-state index contributed by atoms with van der Waals surface area (Å²) < 4.78 is 14.4. The molecule has 206 valence electrons. The SMILES string of the molecule is CN(C(=O)c1cc2c(F)cccc2[nH]1)[C@@H](CC1CCCCC1)C(=O)N1C[C@]2(C[C@H]1C#N)C(=O)Nc1ccccc12. The number of likely N-dealkylation sites (tertiary alicyclic amines) is 1. The van der Waals surface area contributed by atoms with Crippen LogP contribution in [0.15, 0.2) is 48.5 Å². The first kappa shape index (κ1) is 26.1. The molecule has 6 rings (SSSR count). The van der Waals surface area contributed by atoms with Gasteiger partial charge in [0.05, 0.1) is 11.5 Å². The molecule has 2 aliphatic heterocycles. The summed E-state index contributed by atoms with van der Waals surface area (Å²) >= 11 is 0. The molecule has 0 radical (unpaired) electrons. The number of carbonyl (C=O) groups excluding carboxylic acids is 3. The summed E-state index contributed by atoms with van der Waals surface area (Å²) in [7, 11) is 1.60. The molecule has 0 bridgehead atoms. The average Bonchev–Trinajstić information content (AvgIpc) is 3.66. The predicted octanol–water partition coefficient (Wildman–Crippen LogP) is 4.73. The van der Waals surface area contributed by atoms with Crippen LogP contribution in [0.25, 0.3) is 10.9 Å². The predicted molar refractivity (Wildman–Crippen MR) is 148 cm³/mol. The number of H-pyrrole nitrogens is 1. The summed E-state index contributed by atoms with van der Waals surface area (Å²) in [6, 6.07) is 14.1. The third-order valence-corrected chi connectivity index (χ3v) is 9.11. The van der Waals surface area contributed by atoms with Crippen LogP contribution in [0, 0.1) is 23.1 Å². The normalized spacial score (nSPS) is 23.2. The molecule has 8 nitrogen and oxygen atoms in total. The summed E-state index contributed by atoms with van der Waals surface area (Å²) in [5, 5.41) is 13.3. The lowest BCUT2D eigenvalue weighted by Crippen LogP contribution is -2.52. The lowest BCUT2D eigenvalue weighted by molar-refractivity contribution is -0.136. The highest BCUT2D eigenvalue weighted by Crippen LogP contribution is 2.46. The Hall–Kier alpha value is -4.19. The van der Waals surface area contributed by atoms with Gasteiger partial charge in [-0.2, -0.15) is 5.26 Å². The Bertz CT molecular complexity index is 1540. The van der Waals surface area contributed by atoms with Crippen LogP contribution in [0.4, 0.5) is 10.1 Å². The second-order valence-corrected chi connectivity index (χ2v) is 11.5. The molecule has 1 aromatic heterocycles. The van der Waals surface area contributed by atoms with Crippen LogP contribution < -0.4 is 5.32 Å². The van der Waals surface area contributed by atoms with Gasteiger partial charge < -0.3 is 20.1 Å². The molecule has 1 spiro atoms. The number of hydrogen-bond donors (Lipinski definition) is 2. The number of hydrogen-bond acceptors (Lipinski definition) is 4. The highest BCUT2D eigenvalue weighted by atomic mass is 19.1. The first-order valence-electron chi connectivity index (χ1n) is 14.0. The van der Waals surface area contributed by atoms with Gasteiger partial charge in [-0.15, -0.1) is 0 Å². The van der Waals surface area contributed by atoms with Gasteiger partial charge in [0.2, 0.25) is 11.8 Å². The van der Waals surface area contributed by atoms with Gasteiger partial charge in [0.15, 0.2) is 0 Å². The van der Waals surface area contributed by atoms with Crippen LogP contribution in [-0.4, -0.2) is 58.2 Å². The molecule has 0 unspecified atom stereocenters. The van der Waals surface area contributed by atoms with E-state index in [-0.39, 0.29) is 36.4 Å². The summed E-state index contributed by atoms with van der Waals surface area (Å²) in [5.74, 6) is -1.12. The molecule has 40 heavy (non-hydrogen) atoms. The molecule has 3 heterocycles. The van der Waals surface area contributed by atoms with Crippen LogP contribution in [0.3, 0.4) is 0 Å². The van der Waals surface area contributed by atoms with Crippen molar-refractivity contribution >= 4 is 34.3 Å². The zero-order valence-corrected chi connectivity index (χ0v) is 22.5. The van der Waals surface area contributed by atoms with Crippen molar-refractivity contribution in [1.82, 2.24) is 14.8 Å². The van der Waals surface area contributed by atoms with Gasteiger partial charge in [0, 0.05) is 36.6 Å². The molecule has 1 saturated heterocycles. The first-order valence-corrected chi connectivity index (χ1v) is 14.0. The fraction of sp³-hybridized carbons (Fsp3) is 0.419. The minimum atomic E-state index is -1.00. The van der Waals surface area contributed by atoms with Gasteiger partial charge in [0.1, 0.15) is 23.6 Å². The van der Waals surface area contributed by atoms with Crippen molar-refractivity contribution < 1.29 is 18.8 Å². The number of aromatic amines is 1. The smallest absolute Gasteiger partial charge is 0.270 e. The van der Waals surface area contributed by atoms with E-state index >= 15 is 0 Å². The number of nitriles is 1. The first-order chi connectivity index (χ1) is 19.3. The molecule has 2 N–H and O–H groups in total. The number of nitrogens with zero attached hydrogens (tertiary/aromatic N) is 3. The van der Waals surface area contributed by atoms with E-state index in [9.17, 15) is 24.0 Å². The van der Waals surface area contributed by atoms with E-state index in [0.717, 1.165) is 37.7 Å². The third-order valence-electron chi connectivity index (χ3n) is 9.11. The van der Waals surface area contributed by atoms with E-state index < -0.39 is 29.2 Å². The highest BCUT2D eigenvalue weighted by Gasteiger charge is 2.56. The molecular weight excluding hydrogens is 509 g/mol. The van der Waals surface area contributed by atoms with Crippen molar-refractivity contribution in [2.75, 3.05) is 18.9 Å². The number of rotatable bonds is 5. The standard InChI is InChI=1S/C31H32FN5O3/c1-36(28(38)26-15-21-23(32)11-7-13-24(21)34-26)27(14-19-8-3-2-4-9-19)29(39)37-18-31(16-20(37)17-33)22-10-5-6-12-25(22)35-30(31)40/h5-7,10-13,15,19-20,27,34H,2-4,8-9,14,16,18H2,1H3,(H,35,40)/t20-,27-,31-/m0/s1. The molecule has 2 aromatic carbocycles. The summed E-state index contributed by atoms with van der Waals surface area (Å²) in [6.45, 7) is 0.0771. The number of aromatic nitrogens is 1. The number of benzene rings is 2. The van der Waals surface area contributed by atoms with Gasteiger partial charge in [-0.25, -0.2) is 4.39 Å². The summed E-state index contributed by atoms with van der Waals surface area (Å²) in [4.78, 5) is 47.2. The number of para-hydroxylation sites is 1. The summed E-state index contributed by atoms with van der Waals surface area (Å²) in [5.41, 5.74) is 1.20. The van der Waals surface area contributed by atoms with Gasteiger partial charge in [0.25, 0.3) is 5.91 Å². The van der Waals surface area contributed by atoms with E-state index in [1.165, 1.54) is 21.9 Å². The van der Waals surface area contributed by atoms with E-state index in [1.54, 1.807) is 19.2 Å². The quantitative estimate of drug-likeness (QED) is 0.487. The van der Waals surface area contributed by atoms with Crippen LogP contribution in [0.2, 0.25) is 0 Å². The summed E-state index contributed by atoms with van der Waals surface area (Å²) in [6.07, 6.45) is 5.94. The van der Waals surface area contributed by atoms with Gasteiger partial charge in [-0.05, 0) is 42.2 Å². The fourth-order valence-corrected chi connectivity index (χ4v) is 6.91. The Labute approximate surface area is 232 Å². The van der Waals surface area contributed by atoms with E-state index in [4.69, 9.17) is 0 Å². The number of fused-ring (bicyclic) bond motifs is 3. The molecular formula is C31H32FN5O3. The third kappa shape index (κ3) is 4.23. The number of amides is 3. The maximum atomic E-state index is 14.4. The van der Waals surface area contributed by atoms with Crippen LogP contribution in [0.1, 0.15) is 61.0 Å². The average molecular weight is 542 g/mol. The number of anilines is 1. The Morgan fingerprint density at radius 1 is 1.18 bits per heavy atom. The fourth-order valence-electron chi connectivity index (χ4n) is 6.91. The Balaban J connectivity index is 1.33. The Morgan fingerprint density at radius 2 is 1.95 bits per heavy atom. The van der Waals surface area contributed by atoms with Crippen molar-refractivity contribution in [3.05, 3.63) is 65.6 Å². The van der Waals surface area contributed by atoms with Crippen molar-refractivity contribution in [1.29, 1.82) is 5.26 Å². The van der Waals surface area contributed by atoms with E-state index in [2.05, 4.69) is 16.4 Å². The lowest BCUT2D eigenvalue weighted by Gasteiger charge is -2.35. The second-order valence-electron chi connectivity index (χ2n) is 11.5. The number of carbonyl (C=O) groups is 3. The highest BCUT2D eigenvalue weighted by molar-refractivity contribution is 6.07. The van der Waals surface area contributed by atoms with E-state index in [1.807, 2.05) is 24.3 Å². The van der Waals surface area contributed by atoms with Crippen molar-refractivity contribution in [3.63, 3.8) is 0 Å². The molecule has 3 aromatic rings. The van der Waals surface area contributed by atoms with Crippen molar-refractivity contribution in [2.45, 2.75) is 62.4 Å². The van der Waals surface area contributed by atoms with Gasteiger partial charge >= 0.3 is 0 Å². The lowest BCUT2D eigenvalue weighted by atomic mass is 9.80. The van der Waals surface area contributed by atoms with Crippen LogP contribution >= 0.6 is 0 Å². The maximum absolute atomic E-state index is 14.4. The monoisotopic (exact) mass is 541 g/mol. The number of likely N-dealkylation sites (N-methyl/N-ethyl adjacent to an activating group) is 1. The maximum Gasteiger partial charge on any atom is 0.270 e. The Kier molecular flexibility index (Phi) is 6.57.